The lowest BCUT2D eigenvalue weighted by Gasteiger charge is -2.20. The normalized spacial score (nSPS) is 17.9. The van der Waals surface area contributed by atoms with E-state index in [4.69, 9.17) is 23.2 Å². The quantitative estimate of drug-likeness (QED) is 0.927. The van der Waals surface area contributed by atoms with E-state index in [1.54, 1.807) is 17.0 Å². The summed E-state index contributed by atoms with van der Waals surface area (Å²) in [7, 11) is 1.82. The second-order valence-corrected chi connectivity index (χ2v) is 5.45. The Hall–Kier alpha value is -0.480. The van der Waals surface area contributed by atoms with Crippen LogP contribution in [0.4, 0.5) is 0 Å². The van der Waals surface area contributed by atoms with Crippen LogP contribution >= 0.6 is 35.6 Å². The lowest BCUT2D eigenvalue weighted by Crippen LogP contribution is -2.33. The Morgan fingerprint density at radius 2 is 2.16 bits per heavy atom. The molecular weight excluding hydrogens is 307 g/mol. The Balaban J connectivity index is 0.00000180. The molecule has 19 heavy (non-hydrogen) atoms. The van der Waals surface area contributed by atoms with E-state index < -0.39 is 0 Å². The number of benzene rings is 1. The molecule has 6 heteroatoms. The molecule has 0 aliphatic carbocycles. The predicted molar refractivity (Wildman–Crippen MR) is 81.2 cm³/mol. The van der Waals surface area contributed by atoms with Crippen molar-refractivity contribution in [1.82, 2.24) is 10.2 Å². The van der Waals surface area contributed by atoms with Gasteiger partial charge < -0.3 is 10.2 Å². The van der Waals surface area contributed by atoms with Crippen molar-refractivity contribution in [1.29, 1.82) is 0 Å². The highest BCUT2D eigenvalue weighted by Gasteiger charge is 2.25. The van der Waals surface area contributed by atoms with Crippen molar-refractivity contribution in [3.63, 3.8) is 0 Å². The first kappa shape index (κ1) is 16.6. The van der Waals surface area contributed by atoms with E-state index in [2.05, 4.69) is 5.32 Å². The molecule has 3 nitrogen and oxygen atoms in total. The standard InChI is InChI=1S/C13H16Cl2N2O.ClH/c1-17(13(18)10-4-5-16-7-10)8-9-2-3-11(14)12(15)6-9;/h2-3,6,10,16H,4-5,7-8H2,1H3;1H. The van der Waals surface area contributed by atoms with E-state index in [1.165, 1.54) is 0 Å². The van der Waals surface area contributed by atoms with Gasteiger partial charge >= 0.3 is 0 Å². The molecular formula is C13H17Cl3N2O. The number of nitrogens with zero attached hydrogens (tertiary/aromatic N) is 1. The van der Waals surface area contributed by atoms with E-state index in [-0.39, 0.29) is 24.2 Å². The van der Waals surface area contributed by atoms with Crippen LogP contribution in [0, 0.1) is 5.92 Å². The predicted octanol–water partition coefficient (Wildman–Crippen LogP) is 2.98. The average molecular weight is 324 g/mol. The van der Waals surface area contributed by atoms with Gasteiger partial charge in [-0.3, -0.25) is 4.79 Å². The molecule has 0 saturated carbocycles. The minimum absolute atomic E-state index is 0. The van der Waals surface area contributed by atoms with Crippen LogP contribution in [0.5, 0.6) is 0 Å². The molecule has 1 aliphatic heterocycles. The first-order valence-corrected chi connectivity index (χ1v) is 6.73. The summed E-state index contributed by atoms with van der Waals surface area (Å²) in [4.78, 5) is 13.9. The molecule has 1 heterocycles. The summed E-state index contributed by atoms with van der Waals surface area (Å²) < 4.78 is 0. The summed E-state index contributed by atoms with van der Waals surface area (Å²) in [6.07, 6.45) is 0.921. The maximum absolute atomic E-state index is 12.1. The molecule has 1 atom stereocenters. The van der Waals surface area contributed by atoms with Gasteiger partial charge in [-0.15, -0.1) is 12.4 Å². The third-order valence-electron chi connectivity index (χ3n) is 3.19. The molecule has 0 bridgehead atoms. The smallest absolute Gasteiger partial charge is 0.227 e. The molecule has 0 spiro atoms. The molecule has 2 rings (SSSR count). The minimum Gasteiger partial charge on any atom is -0.341 e. The molecule has 106 valence electrons. The second-order valence-electron chi connectivity index (χ2n) is 4.63. The van der Waals surface area contributed by atoms with Crippen molar-refractivity contribution in [2.24, 2.45) is 5.92 Å². The highest BCUT2D eigenvalue weighted by molar-refractivity contribution is 6.42. The van der Waals surface area contributed by atoms with Gasteiger partial charge in [0.2, 0.25) is 5.91 Å². The van der Waals surface area contributed by atoms with E-state index in [1.807, 2.05) is 13.1 Å². The Labute approximate surface area is 129 Å². The minimum atomic E-state index is 0. The van der Waals surface area contributed by atoms with E-state index >= 15 is 0 Å². The zero-order chi connectivity index (χ0) is 13.1. The molecule has 1 N–H and O–H groups in total. The Morgan fingerprint density at radius 1 is 1.42 bits per heavy atom. The number of hydrogen-bond donors (Lipinski definition) is 1. The molecule has 0 radical (unpaired) electrons. The highest BCUT2D eigenvalue weighted by atomic mass is 35.5. The number of amides is 1. The highest BCUT2D eigenvalue weighted by Crippen LogP contribution is 2.23. The van der Waals surface area contributed by atoms with E-state index in [0.29, 0.717) is 16.6 Å². The van der Waals surface area contributed by atoms with Crippen LogP contribution in [-0.4, -0.2) is 30.9 Å². The van der Waals surface area contributed by atoms with Crippen molar-refractivity contribution < 1.29 is 4.79 Å². The van der Waals surface area contributed by atoms with Crippen LogP contribution in [-0.2, 0) is 11.3 Å². The summed E-state index contributed by atoms with van der Waals surface area (Å²) in [6.45, 7) is 2.27. The number of rotatable bonds is 3. The van der Waals surface area contributed by atoms with Crippen LogP contribution in [0.2, 0.25) is 10.0 Å². The summed E-state index contributed by atoms with van der Waals surface area (Å²) in [5.41, 5.74) is 0.992. The Morgan fingerprint density at radius 3 is 2.74 bits per heavy atom. The van der Waals surface area contributed by atoms with Gasteiger partial charge in [-0.2, -0.15) is 0 Å². The van der Waals surface area contributed by atoms with E-state index in [9.17, 15) is 4.79 Å². The zero-order valence-corrected chi connectivity index (χ0v) is 13.0. The summed E-state index contributed by atoms with van der Waals surface area (Å²) in [5, 5.41) is 4.26. The molecule has 1 unspecified atom stereocenters. The van der Waals surface area contributed by atoms with Crippen LogP contribution < -0.4 is 5.32 Å². The average Bonchev–Trinajstić information content (AvgIpc) is 2.86. The fraction of sp³-hybridized carbons (Fsp3) is 0.462. The van der Waals surface area contributed by atoms with Crippen molar-refractivity contribution in [3.05, 3.63) is 33.8 Å². The maximum atomic E-state index is 12.1. The van der Waals surface area contributed by atoms with Crippen LogP contribution in [0.3, 0.4) is 0 Å². The lowest BCUT2D eigenvalue weighted by atomic mass is 10.1. The summed E-state index contributed by atoms with van der Waals surface area (Å²) >= 11 is 11.8. The SMILES string of the molecule is CN(Cc1ccc(Cl)c(Cl)c1)C(=O)C1CCNC1.Cl. The van der Waals surface area contributed by atoms with Gasteiger partial charge in [0, 0.05) is 20.1 Å². The third-order valence-corrected chi connectivity index (χ3v) is 3.93. The molecule has 1 fully saturated rings. The molecule has 1 saturated heterocycles. The van der Waals surface area contributed by atoms with E-state index in [0.717, 1.165) is 25.1 Å². The number of carbonyl (C=O) groups excluding carboxylic acids is 1. The van der Waals surface area contributed by atoms with Gasteiger partial charge in [0.1, 0.15) is 0 Å². The van der Waals surface area contributed by atoms with Crippen molar-refractivity contribution in [2.75, 3.05) is 20.1 Å². The van der Waals surface area contributed by atoms with Gasteiger partial charge in [-0.05, 0) is 30.7 Å². The number of carbonyl (C=O) groups is 1. The largest absolute Gasteiger partial charge is 0.341 e. The van der Waals surface area contributed by atoms with Gasteiger partial charge in [0.05, 0.1) is 16.0 Å². The number of nitrogens with one attached hydrogen (secondary N) is 1. The summed E-state index contributed by atoms with van der Waals surface area (Å²) in [6, 6.07) is 5.46. The Bertz CT molecular complexity index is 448. The molecule has 1 aliphatic rings. The van der Waals surface area contributed by atoms with Crippen LogP contribution in [0.25, 0.3) is 0 Å². The first-order chi connectivity index (χ1) is 8.58. The zero-order valence-electron chi connectivity index (χ0n) is 10.7. The fourth-order valence-corrected chi connectivity index (χ4v) is 2.49. The van der Waals surface area contributed by atoms with Gasteiger partial charge in [-0.1, -0.05) is 29.3 Å². The fourth-order valence-electron chi connectivity index (χ4n) is 2.17. The second kappa shape index (κ2) is 7.34. The van der Waals surface area contributed by atoms with Crippen molar-refractivity contribution in [2.45, 2.75) is 13.0 Å². The van der Waals surface area contributed by atoms with Gasteiger partial charge in [0.25, 0.3) is 0 Å². The molecule has 0 aromatic heterocycles. The van der Waals surface area contributed by atoms with Crippen molar-refractivity contribution >= 4 is 41.5 Å². The number of hydrogen-bond acceptors (Lipinski definition) is 2. The van der Waals surface area contributed by atoms with Crippen LogP contribution in [0.1, 0.15) is 12.0 Å². The van der Waals surface area contributed by atoms with Gasteiger partial charge in [-0.25, -0.2) is 0 Å². The number of halogens is 3. The monoisotopic (exact) mass is 322 g/mol. The van der Waals surface area contributed by atoms with Crippen molar-refractivity contribution in [3.8, 4) is 0 Å². The molecule has 1 amide bonds. The molecule has 1 aromatic rings. The lowest BCUT2D eigenvalue weighted by molar-refractivity contribution is -0.134. The van der Waals surface area contributed by atoms with Gasteiger partial charge in [0.15, 0.2) is 0 Å². The first-order valence-electron chi connectivity index (χ1n) is 5.97. The topological polar surface area (TPSA) is 32.3 Å². The van der Waals surface area contributed by atoms with Crippen LogP contribution in [0.15, 0.2) is 18.2 Å². The molecule has 1 aromatic carbocycles. The Kier molecular flexibility index (Phi) is 6.40. The third kappa shape index (κ3) is 4.25. The summed E-state index contributed by atoms with van der Waals surface area (Å²) in [5.74, 6) is 0.295. The maximum Gasteiger partial charge on any atom is 0.227 e.